The van der Waals surface area contributed by atoms with E-state index < -0.39 is 5.41 Å². The fourth-order valence-corrected chi connectivity index (χ4v) is 1.53. The number of nitrogens with zero attached hydrogens (tertiary/aromatic N) is 1. The Labute approximate surface area is 84.8 Å². The smallest absolute Gasteiger partial charge is 0.235 e. The monoisotopic (exact) mass is 201 g/mol. The topological polar surface area (TPSA) is 49.8 Å². The molecule has 0 bridgehead atoms. The van der Waals surface area contributed by atoms with E-state index in [1.165, 1.54) is 0 Å². The lowest BCUT2D eigenvalue weighted by molar-refractivity contribution is -0.179. The molecule has 1 aliphatic rings. The van der Waals surface area contributed by atoms with Crippen molar-refractivity contribution in [2.75, 3.05) is 33.4 Å². The van der Waals surface area contributed by atoms with Gasteiger partial charge in [0.2, 0.25) is 5.91 Å². The zero-order valence-electron chi connectivity index (χ0n) is 8.95. The third kappa shape index (κ3) is 2.07. The molecule has 0 radical (unpaired) electrons. The molecule has 1 aliphatic heterocycles. The molecule has 1 N–H and O–H groups in total. The molecule has 4 heteroatoms. The summed E-state index contributed by atoms with van der Waals surface area (Å²) in [5.74, 6) is 0.0136. The van der Waals surface area contributed by atoms with Gasteiger partial charge in [-0.05, 0) is 6.42 Å². The minimum absolute atomic E-state index is 0.0136. The van der Waals surface area contributed by atoms with E-state index in [0.717, 1.165) is 19.4 Å². The standard InChI is InChI=1S/C10H19NO3/c1-3-4-5-11(2)9(13)10(6-12)7-14-8-10/h12H,3-8H2,1-2H3. The third-order valence-corrected chi connectivity index (χ3v) is 2.71. The predicted molar refractivity (Wildman–Crippen MR) is 52.9 cm³/mol. The number of carbonyl (C=O) groups excluding carboxylic acids is 1. The molecule has 1 amide bonds. The van der Waals surface area contributed by atoms with Gasteiger partial charge in [-0.15, -0.1) is 0 Å². The second-order valence-electron chi connectivity index (χ2n) is 4.01. The van der Waals surface area contributed by atoms with Crippen LogP contribution in [0, 0.1) is 5.41 Å². The maximum absolute atomic E-state index is 11.9. The Bertz CT molecular complexity index is 196. The van der Waals surface area contributed by atoms with Gasteiger partial charge >= 0.3 is 0 Å². The Balaban J connectivity index is 2.46. The molecule has 1 rings (SSSR count). The Hall–Kier alpha value is -0.610. The van der Waals surface area contributed by atoms with Crippen LogP contribution in [0.15, 0.2) is 0 Å². The minimum atomic E-state index is -0.636. The van der Waals surface area contributed by atoms with Gasteiger partial charge in [0.1, 0.15) is 5.41 Å². The summed E-state index contributed by atoms with van der Waals surface area (Å²) in [4.78, 5) is 13.6. The summed E-state index contributed by atoms with van der Waals surface area (Å²) in [5.41, 5.74) is -0.636. The van der Waals surface area contributed by atoms with E-state index in [1.54, 1.807) is 11.9 Å². The number of hydrogen-bond donors (Lipinski definition) is 1. The Kier molecular flexibility index (Phi) is 3.89. The first-order chi connectivity index (χ1) is 6.66. The molecule has 1 saturated heterocycles. The van der Waals surface area contributed by atoms with E-state index in [0.29, 0.717) is 13.2 Å². The van der Waals surface area contributed by atoms with Crippen molar-refractivity contribution in [3.8, 4) is 0 Å². The zero-order valence-corrected chi connectivity index (χ0v) is 8.95. The van der Waals surface area contributed by atoms with Crippen LogP contribution < -0.4 is 0 Å². The lowest BCUT2D eigenvalue weighted by atomic mass is 9.85. The fourth-order valence-electron chi connectivity index (χ4n) is 1.53. The highest BCUT2D eigenvalue weighted by Crippen LogP contribution is 2.28. The van der Waals surface area contributed by atoms with Gasteiger partial charge in [-0.3, -0.25) is 4.79 Å². The van der Waals surface area contributed by atoms with Gasteiger partial charge in [0.25, 0.3) is 0 Å². The molecule has 0 aliphatic carbocycles. The average Bonchev–Trinajstić information content (AvgIpc) is 2.13. The van der Waals surface area contributed by atoms with E-state index in [4.69, 9.17) is 9.84 Å². The average molecular weight is 201 g/mol. The molecular formula is C10H19NO3. The predicted octanol–water partition coefficient (Wildman–Crippen LogP) is 0.254. The third-order valence-electron chi connectivity index (χ3n) is 2.71. The van der Waals surface area contributed by atoms with Crippen LogP contribution in [0.3, 0.4) is 0 Å². The van der Waals surface area contributed by atoms with Gasteiger partial charge in [0, 0.05) is 13.6 Å². The molecule has 0 spiro atoms. The van der Waals surface area contributed by atoms with Crippen LogP contribution in [-0.2, 0) is 9.53 Å². The van der Waals surface area contributed by atoms with E-state index in [9.17, 15) is 4.79 Å². The lowest BCUT2D eigenvalue weighted by Crippen LogP contribution is -2.56. The molecule has 0 aromatic carbocycles. The van der Waals surface area contributed by atoms with Crippen molar-refractivity contribution in [1.82, 2.24) is 4.90 Å². The molecule has 0 unspecified atom stereocenters. The molecule has 0 saturated carbocycles. The van der Waals surface area contributed by atoms with Crippen LogP contribution in [0.1, 0.15) is 19.8 Å². The van der Waals surface area contributed by atoms with Crippen molar-refractivity contribution in [2.45, 2.75) is 19.8 Å². The maximum atomic E-state index is 11.9. The molecule has 82 valence electrons. The normalized spacial score (nSPS) is 18.8. The number of carbonyl (C=O) groups is 1. The van der Waals surface area contributed by atoms with E-state index in [1.807, 2.05) is 0 Å². The highest BCUT2D eigenvalue weighted by Gasteiger charge is 2.46. The van der Waals surface area contributed by atoms with Crippen molar-refractivity contribution < 1.29 is 14.6 Å². The number of ether oxygens (including phenoxy) is 1. The lowest BCUT2D eigenvalue weighted by Gasteiger charge is -2.40. The van der Waals surface area contributed by atoms with E-state index in [-0.39, 0.29) is 12.5 Å². The van der Waals surface area contributed by atoms with Crippen LogP contribution in [0.4, 0.5) is 0 Å². The number of amides is 1. The second-order valence-corrected chi connectivity index (χ2v) is 4.01. The van der Waals surface area contributed by atoms with Crippen molar-refractivity contribution >= 4 is 5.91 Å². The van der Waals surface area contributed by atoms with Gasteiger partial charge in [0.15, 0.2) is 0 Å². The molecule has 4 nitrogen and oxygen atoms in total. The first kappa shape index (κ1) is 11.5. The summed E-state index contributed by atoms with van der Waals surface area (Å²) in [5, 5.41) is 9.15. The van der Waals surface area contributed by atoms with Gasteiger partial charge < -0.3 is 14.7 Å². The van der Waals surface area contributed by atoms with Crippen molar-refractivity contribution in [3.63, 3.8) is 0 Å². The first-order valence-electron chi connectivity index (χ1n) is 5.10. The molecule has 1 fully saturated rings. The number of aliphatic hydroxyl groups excluding tert-OH is 1. The highest BCUT2D eigenvalue weighted by atomic mass is 16.5. The molecule has 1 heterocycles. The Morgan fingerprint density at radius 2 is 2.21 bits per heavy atom. The summed E-state index contributed by atoms with van der Waals surface area (Å²) in [7, 11) is 1.79. The Morgan fingerprint density at radius 3 is 2.57 bits per heavy atom. The van der Waals surface area contributed by atoms with Crippen LogP contribution in [-0.4, -0.2) is 49.3 Å². The van der Waals surface area contributed by atoms with Gasteiger partial charge in [-0.1, -0.05) is 13.3 Å². The largest absolute Gasteiger partial charge is 0.395 e. The summed E-state index contributed by atoms with van der Waals surface area (Å²) in [6.07, 6.45) is 2.07. The van der Waals surface area contributed by atoms with Gasteiger partial charge in [0.05, 0.1) is 19.8 Å². The molecule has 0 aromatic rings. The van der Waals surface area contributed by atoms with Crippen LogP contribution in [0.25, 0.3) is 0 Å². The van der Waals surface area contributed by atoms with Gasteiger partial charge in [-0.25, -0.2) is 0 Å². The fraction of sp³-hybridized carbons (Fsp3) is 0.900. The summed E-state index contributed by atoms with van der Waals surface area (Å²) in [6.45, 7) is 3.46. The maximum Gasteiger partial charge on any atom is 0.235 e. The summed E-state index contributed by atoms with van der Waals surface area (Å²) in [6, 6.07) is 0. The van der Waals surface area contributed by atoms with E-state index >= 15 is 0 Å². The summed E-state index contributed by atoms with van der Waals surface area (Å²) >= 11 is 0. The van der Waals surface area contributed by atoms with Crippen molar-refractivity contribution in [2.24, 2.45) is 5.41 Å². The second kappa shape index (κ2) is 4.75. The number of unbranched alkanes of at least 4 members (excludes halogenated alkanes) is 1. The zero-order chi connectivity index (χ0) is 10.6. The number of rotatable bonds is 5. The molecular weight excluding hydrogens is 182 g/mol. The van der Waals surface area contributed by atoms with Gasteiger partial charge in [-0.2, -0.15) is 0 Å². The molecule has 0 aromatic heterocycles. The summed E-state index contributed by atoms with van der Waals surface area (Å²) < 4.78 is 5.00. The van der Waals surface area contributed by atoms with Crippen molar-refractivity contribution in [3.05, 3.63) is 0 Å². The quantitative estimate of drug-likeness (QED) is 0.694. The number of aliphatic hydroxyl groups is 1. The van der Waals surface area contributed by atoms with Crippen LogP contribution >= 0.6 is 0 Å². The molecule has 14 heavy (non-hydrogen) atoms. The van der Waals surface area contributed by atoms with Crippen molar-refractivity contribution in [1.29, 1.82) is 0 Å². The number of hydrogen-bond acceptors (Lipinski definition) is 3. The minimum Gasteiger partial charge on any atom is -0.395 e. The van der Waals surface area contributed by atoms with E-state index in [2.05, 4.69) is 6.92 Å². The van der Waals surface area contributed by atoms with Crippen LogP contribution in [0.5, 0.6) is 0 Å². The Morgan fingerprint density at radius 1 is 1.57 bits per heavy atom. The SMILES string of the molecule is CCCCN(C)C(=O)C1(CO)COC1. The first-order valence-corrected chi connectivity index (χ1v) is 5.10. The van der Waals surface area contributed by atoms with Crippen LogP contribution in [0.2, 0.25) is 0 Å². The molecule has 0 atom stereocenters. The highest BCUT2D eigenvalue weighted by molar-refractivity contribution is 5.83.